The van der Waals surface area contributed by atoms with Crippen molar-refractivity contribution >= 4 is 41.2 Å². The van der Waals surface area contributed by atoms with Crippen LogP contribution >= 0.6 is 0 Å². The molecule has 0 bridgehead atoms. The van der Waals surface area contributed by atoms with Gasteiger partial charge in [0.05, 0.1) is 0 Å². The van der Waals surface area contributed by atoms with Gasteiger partial charge in [-0.2, -0.15) is 0 Å². The van der Waals surface area contributed by atoms with Gasteiger partial charge in [-0.1, -0.05) is 0 Å². The first-order valence-corrected chi connectivity index (χ1v) is 13.8. The Kier molecular flexibility index (Phi) is 9.25. The minimum atomic E-state index is 0.539. The molecule has 0 aliphatic heterocycles. The van der Waals surface area contributed by atoms with Crippen molar-refractivity contribution < 1.29 is 0 Å². The van der Waals surface area contributed by atoms with Crippen LogP contribution in [0, 0.1) is 0 Å². The van der Waals surface area contributed by atoms with Gasteiger partial charge in [0.15, 0.2) is 0 Å². The molecule has 144 valence electrons. The zero-order valence-corrected chi connectivity index (χ0v) is 20.9. The molecule has 2 rings (SSSR count). The molecule has 0 aliphatic carbocycles. The van der Waals surface area contributed by atoms with Gasteiger partial charge in [-0.05, 0) is 0 Å². The van der Waals surface area contributed by atoms with Crippen LogP contribution in [0.5, 0.6) is 0 Å². The van der Waals surface area contributed by atoms with E-state index in [2.05, 4.69) is 65.8 Å². The van der Waals surface area contributed by atoms with Gasteiger partial charge in [-0.15, -0.1) is 0 Å². The summed E-state index contributed by atoms with van der Waals surface area (Å²) in [7, 11) is 0. The monoisotopic (exact) mass is 484 g/mol. The number of rotatable bonds is 10. The molecular weight excluding hydrogens is 446 g/mol. The topological polar surface area (TPSA) is 0 Å². The molecule has 0 spiro atoms. The first kappa shape index (κ1) is 22.0. The van der Waals surface area contributed by atoms with Gasteiger partial charge in [-0.25, -0.2) is 0 Å². The number of unbranched alkanes of at least 4 members (excludes halogenated alkanes) is 2. The minimum absolute atomic E-state index is 0.539. The summed E-state index contributed by atoms with van der Waals surface area (Å²) in [5, 5.41) is 0. The summed E-state index contributed by atoms with van der Waals surface area (Å²) < 4.78 is 6.65. The molecule has 2 aromatic heterocycles. The Morgan fingerprint density at radius 1 is 0.731 bits per heavy atom. The Hall–Kier alpha value is -0.261. The van der Waals surface area contributed by atoms with Gasteiger partial charge in [0, 0.05) is 0 Å². The van der Waals surface area contributed by atoms with Crippen molar-refractivity contribution in [3.05, 3.63) is 41.0 Å². The van der Waals surface area contributed by atoms with Crippen LogP contribution in [-0.4, -0.2) is 29.0 Å². The first-order chi connectivity index (χ1) is 12.5. The normalized spacial score (nSPS) is 12.2. The number of hydrogen-bond donors (Lipinski definition) is 0. The summed E-state index contributed by atoms with van der Waals surface area (Å²) in [5.74, 6) is 1.39. The van der Waals surface area contributed by atoms with E-state index >= 15 is 0 Å². The summed E-state index contributed by atoms with van der Waals surface area (Å²) in [4.78, 5) is 0. The average Bonchev–Trinajstić information content (AvgIpc) is 3.20. The molecule has 0 N–H and O–H groups in total. The molecule has 0 unspecified atom stereocenters. The van der Waals surface area contributed by atoms with Crippen molar-refractivity contribution in [2.24, 2.45) is 0 Å². The fourth-order valence-corrected chi connectivity index (χ4v) is 7.75. The van der Waals surface area contributed by atoms with Gasteiger partial charge in [0.25, 0.3) is 0 Å². The number of aryl methyl sites for hydroxylation is 2. The molecule has 2 heterocycles. The van der Waals surface area contributed by atoms with E-state index in [0.29, 0.717) is 40.8 Å². The molecule has 0 saturated heterocycles. The number of hydrogen-bond acceptors (Lipinski definition) is 0. The Morgan fingerprint density at radius 3 is 1.42 bits per heavy atom. The van der Waals surface area contributed by atoms with Crippen LogP contribution in [-0.2, 0) is 12.8 Å². The van der Waals surface area contributed by atoms with Crippen molar-refractivity contribution in [2.75, 3.05) is 0 Å². The fraction of sp³-hybridized carbons (Fsp3) is 0.583. The zero-order chi connectivity index (χ0) is 19.1. The van der Waals surface area contributed by atoms with Crippen LogP contribution in [0.3, 0.4) is 0 Å². The molecule has 26 heavy (non-hydrogen) atoms. The van der Waals surface area contributed by atoms with E-state index in [9.17, 15) is 0 Å². The van der Waals surface area contributed by atoms with Gasteiger partial charge >= 0.3 is 174 Å². The predicted octanol–water partition coefficient (Wildman–Crippen LogP) is 6.90. The van der Waals surface area contributed by atoms with Crippen molar-refractivity contribution in [1.29, 1.82) is 0 Å². The molecular formula is C24H36Se2. The van der Waals surface area contributed by atoms with E-state index in [4.69, 9.17) is 0 Å². The molecule has 0 aliphatic rings. The van der Waals surface area contributed by atoms with E-state index in [1.807, 2.05) is 0 Å². The van der Waals surface area contributed by atoms with Crippen molar-refractivity contribution in [1.82, 2.24) is 0 Å². The van der Waals surface area contributed by atoms with Gasteiger partial charge < -0.3 is 0 Å². The van der Waals surface area contributed by atoms with E-state index < -0.39 is 0 Å². The van der Waals surface area contributed by atoms with Crippen molar-refractivity contribution in [3.63, 3.8) is 0 Å². The summed E-state index contributed by atoms with van der Waals surface area (Å²) in [6, 6.07) is 5.06. The zero-order valence-electron chi connectivity index (χ0n) is 17.5. The van der Waals surface area contributed by atoms with E-state index in [-0.39, 0.29) is 0 Å². The Morgan fingerprint density at radius 2 is 1.12 bits per heavy atom. The van der Waals surface area contributed by atoms with Gasteiger partial charge in [0.2, 0.25) is 0 Å². The summed E-state index contributed by atoms with van der Waals surface area (Å²) >= 11 is 1.08. The van der Waals surface area contributed by atoms with Crippen molar-refractivity contribution in [3.8, 4) is 0 Å². The Bertz CT molecular complexity index is 638. The summed E-state index contributed by atoms with van der Waals surface area (Å²) in [6.45, 7) is 14.0. The maximum absolute atomic E-state index is 2.53. The maximum atomic E-state index is 2.53. The fourth-order valence-electron chi connectivity index (χ4n) is 3.06. The average molecular weight is 482 g/mol. The van der Waals surface area contributed by atoms with Gasteiger partial charge in [0.1, 0.15) is 0 Å². The molecule has 0 radical (unpaired) electrons. The SMILES string of the molecule is CCCCc1cc(C(C)C)[se]c1/C=C/c1[se]c(C(C)C)cc1CCCC. The quantitative estimate of drug-likeness (QED) is 0.323. The Balaban J connectivity index is 2.30. The molecule has 2 heteroatoms. The third kappa shape index (κ3) is 6.13. The summed E-state index contributed by atoms with van der Waals surface area (Å²) in [6.07, 6.45) is 12.7. The molecule has 0 atom stereocenters. The third-order valence-corrected chi connectivity index (χ3v) is 10.9. The molecule has 0 amide bonds. The molecule has 2 aromatic rings. The Labute approximate surface area is 173 Å². The van der Waals surface area contributed by atoms with Crippen molar-refractivity contribution in [2.45, 2.75) is 91.9 Å². The molecule has 0 fully saturated rings. The van der Waals surface area contributed by atoms with Crippen LogP contribution in [0.2, 0.25) is 0 Å². The second-order valence-corrected chi connectivity index (χ2v) is 12.6. The third-order valence-electron chi connectivity index (χ3n) is 4.85. The molecule has 0 saturated carbocycles. The van der Waals surface area contributed by atoms with Crippen LogP contribution in [0.4, 0.5) is 0 Å². The van der Waals surface area contributed by atoms with Crippen LogP contribution in [0.15, 0.2) is 12.1 Å². The second-order valence-electron chi connectivity index (χ2n) is 7.93. The van der Waals surface area contributed by atoms with Crippen LogP contribution < -0.4 is 0 Å². The molecule has 0 nitrogen and oxygen atoms in total. The predicted molar refractivity (Wildman–Crippen MR) is 121 cm³/mol. The van der Waals surface area contributed by atoms with E-state index in [0.717, 1.165) is 0 Å². The van der Waals surface area contributed by atoms with Gasteiger partial charge in [-0.3, -0.25) is 0 Å². The summed E-state index contributed by atoms with van der Waals surface area (Å²) in [5.41, 5.74) is 3.26. The van der Waals surface area contributed by atoms with E-state index in [1.165, 1.54) is 38.5 Å². The molecule has 0 aromatic carbocycles. The van der Waals surface area contributed by atoms with Crippen LogP contribution in [0.1, 0.15) is 108 Å². The van der Waals surface area contributed by atoms with Crippen LogP contribution in [0.25, 0.3) is 12.2 Å². The second kappa shape index (κ2) is 10.9. The first-order valence-electron chi connectivity index (χ1n) is 10.4. The van der Waals surface area contributed by atoms with E-state index in [1.54, 1.807) is 28.9 Å². The standard InChI is InChI=1S/C24H36Se2/c1-7-9-11-19-15-23(17(3)4)25-21(19)13-14-22-20(12-10-8-2)16-24(26-22)18(5)6/h13-18H,7-12H2,1-6H3/b14-13+.